The summed E-state index contributed by atoms with van der Waals surface area (Å²) < 4.78 is 7.03. The number of aromatic nitrogens is 2. The standard InChI is InChI=1S/C24H36N4O2/c1-5-28-19(2)23(17-25-28)24(29)27-12-10-21(11-13-27)16-20-6-8-22(9-7-20)18-26(3)14-15-30-4/h6-9,17,21H,5,10-16,18H2,1-4H3. The smallest absolute Gasteiger partial charge is 0.257 e. The number of hydrogen-bond acceptors (Lipinski definition) is 4. The summed E-state index contributed by atoms with van der Waals surface area (Å²) >= 11 is 0. The number of likely N-dealkylation sites (N-methyl/N-ethyl adjacent to an activating group) is 1. The molecule has 2 heterocycles. The molecule has 6 heteroatoms. The van der Waals surface area contributed by atoms with Crippen LogP contribution in [0.3, 0.4) is 0 Å². The van der Waals surface area contributed by atoms with Crippen LogP contribution in [-0.4, -0.2) is 65.9 Å². The van der Waals surface area contributed by atoms with Crippen molar-refractivity contribution < 1.29 is 9.53 Å². The molecule has 0 saturated carbocycles. The molecule has 3 rings (SSSR count). The number of likely N-dealkylation sites (tertiary alicyclic amines) is 1. The lowest BCUT2D eigenvalue weighted by Crippen LogP contribution is -2.39. The minimum atomic E-state index is 0.132. The van der Waals surface area contributed by atoms with E-state index in [1.165, 1.54) is 11.1 Å². The largest absolute Gasteiger partial charge is 0.383 e. The van der Waals surface area contributed by atoms with E-state index in [4.69, 9.17) is 4.74 Å². The lowest BCUT2D eigenvalue weighted by Gasteiger charge is -2.32. The summed E-state index contributed by atoms with van der Waals surface area (Å²) in [6.45, 7) is 9.14. The minimum Gasteiger partial charge on any atom is -0.383 e. The lowest BCUT2D eigenvalue weighted by atomic mass is 9.89. The van der Waals surface area contributed by atoms with Crippen LogP contribution in [0.15, 0.2) is 30.5 Å². The molecule has 1 saturated heterocycles. The Kier molecular flexibility index (Phi) is 8.05. The predicted octanol–water partition coefficient (Wildman–Crippen LogP) is 3.38. The molecule has 0 unspecified atom stereocenters. The van der Waals surface area contributed by atoms with Crippen molar-refractivity contribution >= 4 is 5.91 Å². The first-order valence-corrected chi connectivity index (χ1v) is 11.1. The van der Waals surface area contributed by atoms with E-state index in [2.05, 4.69) is 41.3 Å². The van der Waals surface area contributed by atoms with Gasteiger partial charge in [0.2, 0.25) is 0 Å². The highest BCUT2D eigenvalue weighted by atomic mass is 16.5. The number of amides is 1. The van der Waals surface area contributed by atoms with Gasteiger partial charge in [-0.05, 0) is 57.2 Å². The van der Waals surface area contributed by atoms with Gasteiger partial charge in [0.25, 0.3) is 5.91 Å². The first-order chi connectivity index (χ1) is 14.5. The van der Waals surface area contributed by atoms with Gasteiger partial charge in [0, 0.05) is 45.5 Å². The van der Waals surface area contributed by atoms with Gasteiger partial charge >= 0.3 is 0 Å². The summed E-state index contributed by atoms with van der Waals surface area (Å²) in [5.41, 5.74) is 4.45. The molecule has 2 aromatic rings. The second-order valence-electron chi connectivity index (χ2n) is 8.45. The summed E-state index contributed by atoms with van der Waals surface area (Å²) in [5.74, 6) is 0.774. The van der Waals surface area contributed by atoms with Gasteiger partial charge in [-0.3, -0.25) is 14.4 Å². The quantitative estimate of drug-likeness (QED) is 0.634. The molecule has 1 aliphatic rings. The van der Waals surface area contributed by atoms with Gasteiger partial charge in [-0.15, -0.1) is 0 Å². The molecule has 0 radical (unpaired) electrons. The molecule has 164 valence electrons. The molecule has 30 heavy (non-hydrogen) atoms. The van der Waals surface area contributed by atoms with Crippen molar-refractivity contribution in [2.75, 3.05) is 40.4 Å². The van der Waals surface area contributed by atoms with Crippen molar-refractivity contribution in [1.82, 2.24) is 19.6 Å². The Morgan fingerprint density at radius 1 is 1.20 bits per heavy atom. The number of carbonyl (C=O) groups is 1. The topological polar surface area (TPSA) is 50.6 Å². The molecule has 0 bridgehead atoms. The minimum absolute atomic E-state index is 0.132. The molecule has 1 aromatic heterocycles. The maximum absolute atomic E-state index is 12.9. The van der Waals surface area contributed by atoms with Crippen molar-refractivity contribution in [3.8, 4) is 0 Å². The second-order valence-corrected chi connectivity index (χ2v) is 8.45. The first kappa shape index (κ1) is 22.5. The zero-order valence-electron chi connectivity index (χ0n) is 18.9. The molecule has 0 atom stereocenters. The first-order valence-electron chi connectivity index (χ1n) is 11.1. The Morgan fingerprint density at radius 3 is 2.47 bits per heavy atom. The molecule has 1 aromatic carbocycles. The summed E-state index contributed by atoms with van der Waals surface area (Å²) in [6, 6.07) is 9.01. The van der Waals surface area contributed by atoms with Crippen molar-refractivity contribution in [3.63, 3.8) is 0 Å². The van der Waals surface area contributed by atoms with E-state index in [1.54, 1.807) is 13.3 Å². The van der Waals surface area contributed by atoms with Crippen LogP contribution < -0.4 is 0 Å². The number of methoxy groups -OCH3 is 1. The van der Waals surface area contributed by atoms with E-state index in [0.29, 0.717) is 5.92 Å². The second kappa shape index (κ2) is 10.7. The van der Waals surface area contributed by atoms with E-state index in [-0.39, 0.29) is 5.91 Å². The number of hydrogen-bond donors (Lipinski definition) is 0. The molecule has 1 amide bonds. The number of benzene rings is 1. The van der Waals surface area contributed by atoms with Crippen LogP contribution in [0.1, 0.15) is 46.9 Å². The third kappa shape index (κ3) is 5.70. The van der Waals surface area contributed by atoms with Crippen molar-refractivity contribution in [2.24, 2.45) is 5.92 Å². The Balaban J connectivity index is 1.47. The molecule has 0 N–H and O–H groups in total. The summed E-state index contributed by atoms with van der Waals surface area (Å²) in [4.78, 5) is 17.1. The third-order valence-electron chi connectivity index (χ3n) is 6.21. The average Bonchev–Trinajstić information content (AvgIpc) is 3.14. The van der Waals surface area contributed by atoms with Crippen LogP contribution in [0, 0.1) is 12.8 Å². The maximum Gasteiger partial charge on any atom is 0.257 e. The van der Waals surface area contributed by atoms with Crippen LogP contribution >= 0.6 is 0 Å². The third-order valence-corrected chi connectivity index (χ3v) is 6.21. The summed E-state index contributed by atoms with van der Waals surface area (Å²) in [6.07, 6.45) is 4.94. The fraction of sp³-hybridized carbons (Fsp3) is 0.583. The van der Waals surface area contributed by atoms with Crippen LogP contribution in [0.2, 0.25) is 0 Å². The average molecular weight is 413 g/mol. The predicted molar refractivity (Wildman–Crippen MR) is 120 cm³/mol. The molecule has 0 spiro atoms. The molecule has 1 aliphatic heterocycles. The van der Waals surface area contributed by atoms with Crippen LogP contribution in [0.4, 0.5) is 0 Å². The number of piperidine rings is 1. The number of carbonyl (C=O) groups excluding carboxylic acids is 1. The molecule has 6 nitrogen and oxygen atoms in total. The monoisotopic (exact) mass is 412 g/mol. The van der Waals surface area contributed by atoms with Crippen molar-refractivity contribution in [1.29, 1.82) is 0 Å². The van der Waals surface area contributed by atoms with Crippen LogP contribution in [0.25, 0.3) is 0 Å². The van der Waals surface area contributed by atoms with E-state index in [9.17, 15) is 4.79 Å². The van der Waals surface area contributed by atoms with Gasteiger partial charge in [-0.1, -0.05) is 24.3 Å². The highest BCUT2D eigenvalue weighted by molar-refractivity contribution is 5.95. The van der Waals surface area contributed by atoms with Crippen LogP contribution in [-0.2, 0) is 24.2 Å². The summed E-state index contributed by atoms with van der Waals surface area (Å²) in [7, 11) is 3.86. The maximum atomic E-state index is 12.9. The van der Waals surface area contributed by atoms with Gasteiger partial charge in [0.05, 0.1) is 18.4 Å². The van der Waals surface area contributed by atoms with E-state index < -0.39 is 0 Å². The number of aryl methyl sites for hydroxylation is 1. The normalized spacial score (nSPS) is 15.2. The van der Waals surface area contributed by atoms with Gasteiger partial charge in [0.1, 0.15) is 0 Å². The molecular weight excluding hydrogens is 376 g/mol. The van der Waals surface area contributed by atoms with Crippen molar-refractivity contribution in [3.05, 3.63) is 52.8 Å². The van der Waals surface area contributed by atoms with Gasteiger partial charge in [0.15, 0.2) is 0 Å². The van der Waals surface area contributed by atoms with E-state index in [1.807, 2.05) is 23.4 Å². The zero-order valence-corrected chi connectivity index (χ0v) is 18.9. The molecular formula is C24H36N4O2. The van der Waals surface area contributed by atoms with Crippen LogP contribution in [0.5, 0.6) is 0 Å². The Morgan fingerprint density at radius 2 is 1.87 bits per heavy atom. The van der Waals surface area contributed by atoms with E-state index in [0.717, 1.165) is 69.9 Å². The fourth-order valence-electron chi connectivity index (χ4n) is 4.24. The molecule has 0 aliphatic carbocycles. The Bertz CT molecular complexity index is 807. The van der Waals surface area contributed by atoms with E-state index >= 15 is 0 Å². The highest BCUT2D eigenvalue weighted by Gasteiger charge is 2.26. The zero-order chi connectivity index (χ0) is 21.5. The van der Waals surface area contributed by atoms with Gasteiger partial charge in [-0.25, -0.2) is 0 Å². The lowest BCUT2D eigenvalue weighted by molar-refractivity contribution is 0.0689. The highest BCUT2D eigenvalue weighted by Crippen LogP contribution is 2.24. The fourth-order valence-corrected chi connectivity index (χ4v) is 4.24. The SMILES string of the molecule is CCn1ncc(C(=O)N2CCC(Cc3ccc(CN(C)CCOC)cc3)CC2)c1C. The Labute approximate surface area is 180 Å². The Hall–Kier alpha value is -2.18. The van der Waals surface area contributed by atoms with Crippen molar-refractivity contribution in [2.45, 2.75) is 46.2 Å². The number of nitrogens with zero attached hydrogens (tertiary/aromatic N) is 4. The number of ether oxygens (including phenoxy) is 1. The number of rotatable bonds is 9. The van der Waals surface area contributed by atoms with Gasteiger partial charge < -0.3 is 9.64 Å². The summed E-state index contributed by atoms with van der Waals surface area (Å²) in [5, 5.41) is 4.32. The molecule has 1 fully saturated rings. The van der Waals surface area contributed by atoms with Gasteiger partial charge in [-0.2, -0.15) is 5.10 Å².